The Morgan fingerprint density at radius 3 is 2.39 bits per heavy atom. The van der Waals surface area contributed by atoms with Gasteiger partial charge < -0.3 is 4.90 Å². The van der Waals surface area contributed by atoms with E-state index in [0.717, 1.165) is 50.6 Å². The molecule has 3 atom stereocenters. The highest BCUT2D eigenvalue weighted by atomic mass is 79.9. The van der Waals surface area contributed by atoms with Crippen LogP contribution < -0.4 is 4.72 Å². The Morgan fingerprint density at radius 2 is 1.73 bits per heavy atom. The zero-order chi connectivity index (χ0) is 28.9. The van der Waals surface area contributed by atoms with Crippen molar-refractivity contribution >= 4 is 42.8 Å². The Labute approximate surface area is 247 Å². The number of carbonyl (C=O) groups is 1. The molecule has 2 saturated heterocycles. The van der Waals surface area contributed by atoms with Crippen LogP contribution in [0.2, 0.25) is 0 Å². The molecule has 1 saturated carbocycles. The van der Waals surface area contributed by atoms with Gasteiger partial charge in [0.15, 0.2) is 6.04 Å². The zero-order valence-corrected chi connectivity index (χ0v) is 25.4. The van der Waals surface area contributed by atoms with Crippen LogP contribution in [0.25, 0.3) is 10.9 Å². The molecule has 11 heteroatoms. The molecule has 41 heavy (non-hydrogen) atoms. The zero-order valence-electron chi connectivity index (χ0n) is 23.0. The van der Waals surface area contributed by atoms with Crippen molar-refractivity contribution in [2.24, 2.45) is 11.8 Å². The fraction of sp³-hybridized carbons (Fsp3) is 0.533. The minimum atomic E-state index is -4.50. The first kappa shape index (κ1) is 28.7. The molecule has 3 aromatic rings. The van der Waals surface area contributed by atoms with Gasteiger partial charge in [-0.1, -0.05) is 47.8 Å². The molecule has 2 aromatic carbocycles. The molecule has 7 nitrogen and oxygen atoms in total. The van der Waals surface area contributed by atoms with E-state index in [0.29, 0.717) is 21.7 Å². The average molecular weight is 650 g/mol. The van der Waals surface area contributed by atoms with Crippen LogP contribution in [0.1, 0.15) is 63.9 Å². The SMILES string of the molecule is CC1CC2CCC(C1)N2C(=O)C(NS(=O)(=O)c1ccc2c(cnn2CC2CCCC2)c1)C(F)(F)c1ccc(Br)cc1. The highest BCUT2D eigenvalue weighted by Crippen LogP contribution is 2.42. The highest BCUT2D eigenvalue weighted by Gasteiger charge is 2.53. The van der Waals surface area contributed by atoms with Crippen LogP contribution in [0.5, 0.6) is 0 Å². The molecular weight excluding hydrogens is 614 g/mol. The van der Waals surface area contributed by atoms with Crippen LogP contribution in [0, 0.1) is 11.8 Å². The first-order valence-corrected chi connectivity index (χ1v) is 16.7. The summed E-state index contributed by atoms with van der Waals surface area (Å²) in [6.45, 7) is 2.87. The van der Waals surface area contributed by atoms with Crippen LogP contribution in [0.15, 0.2) is 58.0 Å². The summed E-state index contributed by atoms with van der Waals surface area (Å²) in [7, 11) is -4.50. The molecule has 220 valence electrons. The summed E-state index contributed by atoms with van der Waals surface area (Å²) in [6, 6.07) is 7.27. The number of piperidine rings is 1. The van der Waals surface area contributed by atoms with Crippen molar-refractivity contribution in [1.29, 1.82) is 0 Å². The minimum absolute atomic E-state index is 0.161. The van der Waals surface area contributed by atoms with Crippen molar-refractivity contribution in [3.63, 3.8) is 0 Å². The Morgan fingerprint density at radius 1 is 1.07 bits per heavy atom. The van der Waals surface area contributed by atoms with Gasteiger partial charge >= 0.3 is 0 Å². The van der Waals surface area contributed by atoms with E-state index in [4.69, 9.17) is 0 Å². The van der Waals surface area contributed by atoms with Crippen LogP contribution in [0.4, 0.5) is 8.78 Å². The van der Waals surface area contributed by atoms with E-state index in [9.17, 15) is 13.2 Å². The predicted octanol–water partition coefficient (Wildman–Crippen LogP) is 6.22. The van der Waals surface area contributed by atoms with Crippen molar-refractivity contribution < 1.29 is 22.0 Å². The number of hydrogen-bond donors (Lipinski definition) is 1. The van der Waals surface area contributed by atoms with Crippen molar-refractivity contribution in [2.45, 2.75) is 93.8 Å². The maximum atomic E-state index is 16.2. The maximum Gasteiger partial charge on any atom is 0.298 e. The molecule has 1 amide bonds. The molecule has 3 aliphatic rings. The fourth-order valence-corrected chi connectivity index (χ4v) is 8.60. The Kier molecular flexibility index (Phi) is 7.74. The number of benzene rings is 2. The van der Waals surface area contributed by atoms with Gasteiger partial charge in [0, 0.05) is 34.1 Å². The van der Waals surface area contributed by atoms with Gasteiger partial charge in [-0.15, -0.1) is 0 Å². The van der Waals surface area contributed by atoms with Gasteiger partial charge in [-0.2, -0.15) is 18.6 Å². The lowest BCUT2D eigenvalue weighted by Gasteiger charge is -2.41. The fourth-order valence-electron chi connectivity index (χ4n) is 7.11. The van der Waals surface area contributed by atoms with Gasteiger partial charge in [0.05, 0.1) is 16.6 Å². The molecule has 1 aromatic heterocycles. The van der Waals surface area contributed by atoms with E-state index in [2.05, 4.69) is 32.7 Å². The van der Waals surface area contributed by atoms with E-state index < -0.39 is 33.5 Å². The first-order valence-electron chi connectivity index (χ1n) is 14.5. The van der Waals surface area contributed by atoms with Crippen molar-refractivity contribution in [1.82, 2.24) is 19.4 Å². The van der Waals surface area contributed by atoms with Crippen LogP contribution in [-0.2, 0) is 27.3 Å². The number of nitrogens with one attached hydrogen (secondary N) is 1. The Hall–Kier alpha value is -2.37. The number of aromatic nitrogens is 2. The second-order valence-electron chi connectivity index (χ2n) is 12.1. The monoisotopic (exact) mass is 648 g/mol. The lowest BCUT2D eigenvalue weighted by Crippen LogP contribution is -2.59. The summed E-state index contributed by atoms with van der Waals surface area (Å²) in [4.78, 5) is 15.3. The van der Waals surface area contributed by atoms with Crippen molar-refractivity contribution in [2.75, 3.05) is 0 Å². The number of hydrogen-bond acceptors (Lipinski definition) is 4. The van der Waals surface area contributed by atoms with Gasteiger partial charge in [-0.05, 0) is 80.7 Å². The van der Waals surface area contributed by atoms with Crippen molar-refractivity contribution in [3.05, 3.63) is 58.7 Å². The number of alkyl halides is 2. The summed E-state index contributed by atoms with van der Waals surface area (Å²) in [5, 5.41) is 5.07. The standard InChI is InChI=1S/C30H35BrF2N4O3S/c1-19-14-24-10-11-25(15-19)37(24)29(38)28(30(32,33)22-6-8-23(31)9-7-22)35-41(39,40)26-12-13-27-21(16-26)17-34-36(27)18-20-4-2-3-5-20/h6-9,12-13,16-17,19-20,24-25,28,35H,2-5,10-11,14-15,18H2,1H3. The predicted molar refractivity (Wildman–Crippen MR) is 156 cm³/mol. The third-order valence-corrected chi connectivity index (χ3v) is 11.1. The maximum absolute atomic E-state index is 16.2. The smallest absolute Gasteiger partial charge is 0.298 e. The van der Waals surface area contributed by atoms with E-state index in [1.807, 2.05) is 4.68 Å². The molecule has 2 bridgehead atoms. The number of amides is 1. The number of nitrogens with zero attached hydrogens (tertiary/aromatic N) is 3. The summed E-state index contributed by atoms with van der Waals surface area (Å²) >= 11 is 3.26. The third kappa shape index (κ3) is 5.57. The molecular formula is C30H35BrF2N4O3S. The molecule has 0 spiro atoms. The molecule has 3 fully saturated rings. The molecule has 3 heterocycles. The average Bonchev–Trinajstić information content (AvgIpc) is 3.66. The van der Waals surface area contributed by atoms with Crippen LogP contribution >= 0.6 is 15.9 Å². The molecule has 0 radical (unpaired) electrons. The minimum Gasteiger partial charge on any atom is -0.335 e. The third-order valence-electron chi connectivity index (χ3n) is 9.16. The normalized spacial score (nSPS) is 24.3. The second kappa shape index (κ2) is 11.0. The van der Waals surface area contributed by atoms with Crippen molar-refractivity contribution in [3.8, 4) is 0 Å². The van der Waals surface area contributed by atoms with Gasteiger partial charge in [0.25, 0.3) is 5.92 Å². The number of sulfonamides is 1. The van der Waals surface area contributed by atoms with Crippen LogP contribution in [0.3, 0.4) is 0 Å². The molecule has 2 aliphatic heterocycles. The summed E-state index contributed by atoms with van der Waals surface area (Å²) in [5.74, 6) is -3.72. The highest BCUT2D eigenvalue weighted by molar-refractivity contribution is 9.10. The number of fused-ring (bicyclic) bond motifs is 3. The summed E-state index contributed by atoms with van der Waals surface area (Å²) in [5.41, 5.74) is 0.366. The van der Waals surface area contributed by atoms with Gasteiger partial charge in [-0.25, -0.2) is 8.42 Å². The lowest BCUT2D eigenvalue weighted by molar-refractivity contribution is -0.149. The lowest BCUT2D eigenvalue weighted by atomic mass is 9.91. The van der Waals surface area contributed by atoms with E-state index in [-0.39, 0.29) is 17.0 Å². The quantitative estimate of drug-likeness (QED) is 0.314. The second-order valence-corrected chi connectivity index (χ2v) is 14.7. The number of halogens is 3. The van der Waals surface area contributed by atoms with E-state index in [1.165, 1.54) is 54.1 Å². The van der Waals surface area contributed by atoms with E-state index >= 15 is 8.78 Å². The van der Waals surface area contributed by atoms with E-state index in [1.54, 1.807) is 12.3 Å². The molecule has 6 rings (SSSR count). The van der Waals surface area contributed by atoms with Gasteiger partial charge in [0.2, 0.25) is 15.9 Å². The van der Waals surface area contributed by atoms with Crippen LogP contribution in [-0.4, -0.2) is 47.1 Å². The van der Waals surface area contributed by atoms with Gasteiger partial charge in [-0.3, -0.25) is 9.48 Å². The topological polar surface area (TPSA) is 84.3 Å². The number of carbonyl (C=O) groups excluding carboxylic acids is 1. The molecule has 3 unspecified atom stereocenters. The molecule has 1 aliphatic carbocycles. The summed E-state index contributed by atoms with van der Waals surface area (Å²) < 4.78 is 64.4. The first-order chi connectivity index (χ1) is 19.5. The largest absolute Gasteiger partial charge is 0.335 e. The molecule has 1 N–H and O–H groups in total. The summed E-state index contributed by atoms with van der Waals surface area (Å²) in [6.07, 6.45) is 9.27. The Bertz CT molecular complexity index is 1520. The Balaban J connectivity index is 1.32. The number of rotatable bonds is 8. The van der Waals surface area contributed by atoms with Gasteiger partial charge in [0.1, 0.15) is 0 Å².